The largest absolute Gasteiger partial charge is 0.488 e. The molecule has 164 valence electrons. The lowest BCUT2D eigenvalue weighted by molar-refractivity contribution is 0.129. The van der Waals surface area contributed by atoms with Crippen LogP contribution in [0.4, 0.5) is 0 Å². The Balaban J connectivity index is 1.97. The topological polar surface area (TPSA) is 119 Å². The average molecular weight is 445 g/mol. The number of aliphatic hydroxyl groups excluding tert-OH is 1. The van der Waals surface area contributed by atoms with Crippen LogP contribution in [0.5, 0.6) is 17.2 Å². The average Bonchev–Trinajstić information content (AvgIpc) is 2.75. The summed E-state index contributed by atoms with van der Waals surface area (Å²) >= 11 is 0. The maximum atomic E-state index is 12.0. The minimum Gasteiger partial charge on any atom is -0.488 e. The van der Waals surface area contributed by atoms with Gasteiger partial charge in [-0.05, 0) is 50.2 Å². The summed E-state index contributed by atoms with van der Waals surface area (Å²) in [6, 6.07) is 11.1. The molecule has 0 spiro atoms. The van der Waals surface area contributed by atoms with Gasteiger partial charge in [-0.15, -0.1) is 0 Å². The summed E-state index contributed by atoms with van der Waals surface area (Å²) in [5, 5.41) is 9.30. The maximum absolute atomic E-state index is 12.0. The zero-order chi connectivity index (χ0) is 22.6. The minimum absolute atomic E-state index is 0.0146. The van der Waals surface area contributed by atoms with Crippen LogP contribution >= 0.6 is 0 Å². The number of benzene rings is 2. The van der Waals surface area contributed by atoms with Crippen molar-refractivity contribution in [1.82, 2.24) is 9.97 Å². The van der Waals surface area contributed by atoms with Crippen LogP contribution < -0.4 is 15.0 Å². The normalized spacial score (nSPS) is 12.4. The van der Waals surface area contributed by atoms with Crippen LogP contribution in [0, 0.1) is 6.92 Å². The predicted octanol–water partition coefficient (Wildman–Crippen LogP) is 3.09. The molecule has 1 aromatic heterocycles. The number of aliphatic hydroxyl groups is 1. The molecule has 31 heavy (non-hydrogen) atoms. The fraction of sp³-hybridized carbons (Fsp3) is 0.273. The van der Waals surface area contributed by atoms with Crippen LogP contribution in [-0.4, -0.2) is 42.0 Å². The Hall–Kier alpha value is -3.17. The third kappa shape index (κ3) is 5.50. The Morgan fingerprint density at radius 2 is 1.77 bits per heavy atom. The van der Waals surface area contributed by atoms with E-state index in [2.05, 4.69) is 9.97 Å². The summed E-state index contributed by atoms with van der Waals surface area (Å²) in [7, 11) is -3.30. The van der Waals surface area contributed by atoms with Crippen molar-refractivity contribution in [3.8, 4) is 28.6 Å². The monoisotopic (exact) mass is 444 g/mol. The van der Waals surface area contributed by atoms with Gasteiger partial charge in [-0.1, -0.05) is 6.92 Å². The molecule has 0 saturated carbocycles. The second kappa shape index (κ2) is 9.32. The first-order chi connectivity index (χ1) is 14.7. The Bertz CT molecular complexity index is 1220. The summed E-state index contributed by atoms with van der Waals surface area (Å²) < 4.78 is 35.6. The molecule has 0 aliphatic rings. The first kappa shape index (κ1) is 22.5. The molecule has 8 nitrogen and oxygen atoms in total. The van der Waals surface area contributed by atoms with Gasteiger partial charge in [0.25, 0.3) is 5.56 Å². The van der Waals surface area contributed by atoms with Crippen LogP contribution in [-0.2, 0) is 9.84 Å². The predicted molar refractivity (Wildman–Crippen MR) is 116 cm³/mol. The molecule has 0 saturated heterocycles. The van der Waals surface area contributed by atoms with Gasteiger partial charge in [0.15, 0.2) is 9.84 Å². The number of nitrogens with one attached hydrogen (secondary N) is 1. The molecule has 1 atom stereocenters. The van der Waals surface area contributed by atoms with E-state index in [4.69, 9.17) is 9.47 Å². The number of aromatic amines is 1. The zero-order valence-electron chi connectivity index (χ0n) is 17.5. The number of aromatic nitrogens is 2. The summed E-state index contributed by atoms with van der Waals surface area (Å²) in [4.78, 5) is 19.2. The molecule has 0 amide bonds. The Morgan fingerprint density at radius 3 is 2.39 bits per heavy atom. The molecule has 0 fully saturated rings. The molecule has 2 N–H and O–H groups in total. The van der Waals surface area contributed by atoms with E-state index < -0.39 is 15.9 Å². The number of hydrogen-bond donors (Lipinski definition) is 2. The Labute approximate surface area is 180 Å². The van der Waals surface area contributed by atoms with Crippen molar-refractivity contribution in [3.05, 3.63) is 64.6 Å². The number of H-pyrrole nitrogens is 1. The van der Waals surface area contributed by atoms with Gasteiger partial charge in [0.1, 0.15) is 29.2 Å². The summed E-state index contributed by atoms with van der Waals surface area (Å²) in [6.45, 7) is 4.79. The fourth-order valence-electron chi connectivity index (χ4n) is 2.73. The second-order valence-corrected chi connectivity index (χ2v) is 9.30. The van der Waals surface area contributed by atoms with Crippen molar-refractivity contribution in [1.29, 1.82) is 0 Å². The number of hydrogen-bond acceptors (Lipinski definition) is 7. The van der Waals surface area contributed by atoms with Crippen LogP contribution in [0.1, 0.15) is 19.4 Å². The van der Waals surface area contributed by atoms with Gasteiger partial charge in [0, 0.05) is 23.4 Å². The SMILES string of the molecule is CCS(=O)(=O)c1ccc(Oc2cc(O[C@@H](C)CO)cc(-c3ncc(C)c(=O)[nH]3)c2)cc1. The molecule has 3 rings (SSSR count). The molecule has 0 radical (unpaired) electrons. The van der Waals surface area contributed by atoms with Gasteiger partial charge < -0.3 is 19.6 Å². The van der Waals surface area contributed by atoms with E-state index in [9.17, 15) is 18.3 Å². The van der Waals surface area contributed by atoms with E-state index >= 15 is 0 Å². The minimum atomic E-state index is -3.30. The standard InChI is InChI=1S/C22H24N2O6S/c1-4-31(27,28)20-7-5-17(6-8-20)30-19-10-16(9-18(11-19)29-15(3)13-25)21-23-12-14(2)22(26)24-21/h5-12,15,25H,4,13H2,1-3H3,(H,23,24,26)/t15-/m0/s1. The van der Waals surface area contributed by atoms with E-state index in [-0.39, 0.29) is 22.8 Å². The fourth-order valence-corrected chi connectivity index (χ4v) is 3.61. The summed E-state index contributed by atoms with van der Waals surface area (Å²) in [6.07, 6.45) is 1.03. The smallest absolute Gasteiger partial charge is 0.254 e. The molecular formula is C22H24N2O6S. The van der Waals surface area contributed by atoms with Crippen LogP contribution in [0.2, 0.25) is 0 Å². The molecule has 0 bridgehead atoms. The molecular weight excluding hydrogens is 420 g/mol. The van der Waals surface area contributed by atoms with Gasteiger partial charge in [0.2, 0.25) is 0 Å². The summed E-state index contributed by atoms with van der Waals surface area (Å²) in [5.74, 6) is 1.60. The third-order valence-corrected chi connectivity index (χ3v) is 6.27. The quantitative estimate of drug-likeness (QED) is 0.548. The van der Waals surface area contributed by atoms with Crippen molar-refractivity contribution >= 4 is 9.84 Å². The lowest BCUT2D eigenvalue weighted by Crippen LogP contribution is -2.16. The molecule has 9 heteroatoms. The molecule has 0 unspecified atom stereocenters. The van der Waals surface area contributed by atoms with Crippen molar-refractivity contribution in [2.24, 2.45) is 0 Å². The Morgan fingerprint density at radius 1 is 1.10 bits per heavy atom. The highest BCUT2D eigenvalue weighted by Gasteiger charge is 2.13. The maximum Gasteiger partial charge on any atom is 0.254 e. The number of sulfone groups is 1. The molecule has 0 aliphatic heterocycles. The van der Waals surface area contributed by atoms with E-state index in [1.807, 2.05) is 0 Å². The highest BCUT2D eigenvalue weighted by molar-refractivity contribution is 7.91. The van der Waals surface area contributed by atoms with Gasteiger partial charge in [-0.25, -0.2) is 13.4 Å². The number of aryl methyl sites for hydroxylation is 1. The second-order valence-electron chi connectivity index (χ2n) is 7.02. The van der Waals surface area contributed by atoms with Crippen molar-refractivity contribution < 1.29 is 23.0 Å². The van der Waals surface area contributed by atoms with Crippen LogP contribution in [0.25, 0.3) is 11.4 Å². The first-order valence-electron chi connectivity index (χ1n) is 9.71. The van der Waals surface area contributed by atoms with Gasteiger partial charge in [0.05, 0.1) is 17.3 Å². The number of rotatable bonds is 8. The molecule has 3 aromatic rings. The van der Waals surface area contributed by atoms with Crippen molar-refractivity contribution in [3.63, 3.8) is 0 Å². The van der Waals surface area contributed by atoms with Crippen molar-refractivity contribution in [2.75, 3.05) is 12.4 Å². The van der Waals surface area contributed by atoms with E-state index in [0.29, 0.717) is 34.2 Å². The van der Waals surface area contributed by atoms with Crippen LogP contribution in [0.15, 0.2) is 58.4 Å². The van der Waals surface area contributed by atoms with E-state index in [1.165, 1.54) is 18.3 Å². The highest BCUT2D eigenvalue weighted by Crippen LogP contribution is 2.32. The van der Waals surface area contributed by atoms with Crippen molar-refractivity contribution in [2.45, 2.75) is 31.8 Å². The molecule has 2 aromatic carbocycles. The first-order valence-corrected chi connectivity index (χ1v) is 11.4. The van der Waals surface area contributed by atoms with E-state index in [0.717, 1.165) is 0 Å². The van der Waals surface area contributed by atoms with Crippen LogP contribution in [0.3, 0.4) is 0 Å². The lowest BCUT2D eigenvalue weighted by atomic mass is 10.1. The Kier molecular flexibility index (Phi) is 6.77. The van der Waals surface area contributed by atoms with Gasteiger partial charge >= 0.3 is 0 Å². The third-order valence-electron chi connectivity index (χ3n) is 4.52. The summed E-state index contributed by atoms with van der Waals surface area (Å²) in [5.41, 5.74) is 0.791. The highest BCUT2D eigenvalue weighted by atomic mass is 32.2. The molecule has 1 heterocycles. The molecule has 0 aliphatic carbocycles. The van der Waals surface area contributed by atoms with Gasteiger partial charge in [-0.2, -0.15) is 0 Å². The number of nitrogens with zero attached hydrogens (tertiary/aromatic N) is 1. The van der Waals surface area contributed by atoms with Gasteiger partial charge in [-0.3, -0.25) is 4.79 Å². The zero-order valence-corrected chi connectivity index (χ0v) is 18.3. The number of ether oxygens (including phenoxy) is 2. The van der Waals surface area contributed by atoms with E-state index in [1.54, 1.807) is 51.1 Å². The lowest BCUT2D eigenvalue weighted by Gasteiger charge is -2.15.